The van der Waals surface area contributed by atoms with E-state index in [-0.39, 0.29) is 22.6 Å². The molecule has 0 spiro atoms. The van der Waals surface area contributed by atoms with Gasteiger partial charge in [-0.05, 0) is 30.7 Å². The molecule has 36 heavy (non-hydrogen) atoms. The van der Waals surface area contributed by atoms with Crippen molar-refractivity contribution < 1.29 is 33.7 Å². The second-order valence-corrected chi connectivity index (χ2v) is 8.06. The fourth-order valence-electron chi connectivity index (χ4n) is 3.39. The fourth-order valence-corrected chi connectivity index (χ4v) is 3.39. The summed E-state index contributed by atoms with van der Waals surface area (Å²) in [4.78, 5) is 36.6. The summed E-state index contributed by atoms with van der Waals surface area (Å²) in [6.07, 6.45) is 6.69. The number of methoxy groups -OCH3 is 2. The topological polar surface area (TPSA) is 135 Å². The Morgan fingerprint density at radius 3 is 2.22 bits per heavy atom. The number of aromatic hydroxyl groups is 1. The summed E-state index contributed by atoms with van der Waals surface area (Å²) >= 11 is 0. The lowest BCUT2D eigenvalue weighted by atomic mass is 10.0. The Bertz CT molecular complexity index is 1030. The molecular weight excluding hydrogens is 466 g/mol. The number of amides is 3. The number of carbonyl (C=O) groups is 3. The minimum absolute atomic E-state index is 0.0407. The van der Waals surface area contributed by atoms with Crippen molar-refractivity contribution in [2.75, 3.05) is 27.4 Å². The molecule has 4 N–H and O–H groups in total. The van der Waals surface area contributed by atoms with Gasteiger partial charge in [-0.3, -0.25) is 15.0 Å². The largest absolute Gasteiger partial charge is 0.507 e. The maximum atomic E-state index is 12.9. The maximum absolute atomic E-state index is 12.9. The number of phenols is 1. The molecule has 10 nitrogen and oxygen atoms in total. The molecule has 3 amide bonds. The summed E-state index contributed by atoms with van der Waals surface area (Å²) in [7, 11) is 2.94. The Hall–Kier alpha value is -3.95. The maximum Gasteiger partial charge on any atom is 0.333 e. The summed E-state index contributed by atoms with van der Waals surface area (Å²) in [5, 5.41) is 13.0. The number of rotatable bonds is 14. The highest BCUT2D eigenvalue weighted by molar-refractivity contribution is 6.12. The van der Waals surface area contributed by atoms with E-state index in [1.165, 1.54) is 51.7 Å². The predicted molar refractivity (Wildman–Crippen MR) is 135 cm³/mol. The molecule has 196 valence electrons. The standard InChI is InChI=1S/C26H35N3O7/c1-4-5-6-7-8-9-14-27-26(33)29-28-24(31)17-36-19-11-12-20(22(30)15-19)25(32)21-13-10-18(34-2)16-23(21)35-3/h10-13,15-16,30H,4-9,14,17H2,1-3H3,(H,28,31)(H2,27,29,33). The predicted octanol–water partition coefficient (Wildman–Crippen LogP) is 3.71. The van der Waals surface area contributed by atoms with E-state index in [1.54, 1.807) is 18.2 Å². The van der Waals surface area contributed by atoms with Gasteiger partial charge in [0.05, 0.1) is 25.3 Å². The average Bonchev–Trinajstić information content (AvgIpc) is 2.89. The Kier molecular flexibility index (Phi) is 11.9. The van der Waals surface area contributed by atoms with Gasteiger partial charge in [-0.2, -0.15) is 0 Å². The van der Waals surface area contributed by atoms with E-state index in [0.717, 1.165) is 19.3 Å². The Morgan fingerprint density at radius 1 is 0.833 bits per heavy atom. The van der Waals surface area contributed by atoms with Crippen LogP contribution in [0, 0.1) is 0 Å². The fraction of sp³-hybridized carbons (Fsp3) is 0.423. The summed E-state index contributed by atoms with van der Waals surface area (Å²) in [6.45, 7) is 2.28. The molecule has 0 aromatic heterocycles. The minimum Gasteiger partial charge on any atom is -0.507 e. The van der Waals surface area contributed by atoms with Crippen LogP contribution in [-0.2, 0) is 4.79 Å². The second kappa shape index (κ2) is 15.1. The van der Waals surface area contributed by atoms with Crippen molar-refractivity contribution in [3.05, 3.63) is 47.5 Å². The van der Waals surface area contributed by atoms with Crippen molar-refractivity contribution in [2.45, 2.75) is 45.4 Å². The van der Waals surface area contributed by atoms with Gasteiger partial charge < -0.3 is 24.6 Å². The normalized spacial score (nSPS) is 10.3. The van der Waals surface area contributed by atoms with Crippen molar-refractivity contribution >= 4 is 17.7 Å². The number of unbranched alkanes of at least 4 members (excludes halogenated alkanes) is 5. The first-order valence-corrected chi connectivity index (χ1v) is 11.9. The van der Waals surface area contributed by atoms with Crippen LogP contribution in [0.1, 0.15) is 61.4 Å². The number of hydrazine groups is 1. The molecule has 0 saturated carbocycles. The molecule has 0 bridgehead atoms. The summed E-state index contributed by atoms with van der Waals surface area (Å²) in [5.74, 6) is -0.352. The van der Waals surface area contributed by atoms with E-state index in [9.17, 15) is 19.5 Å². The van der Waals surface area contributed by atoms with Gasteiger partial charge >= 0.3 is 6.03 Å². The lowest BCUT2D eigenvalue weighted by molar-refractivity contribution is -0.123. The van der Waals surface area contributed by atoms with Gasteiger partial charge in [-0.1, -0.05) is 39.0 Å². The molecule has 0 unspecified atom stereocenters. The molecule has 10 heteroatoms. The van der Waals surface area contributed by atoms with E-state index in [2.05, 4.69) is 23.1 Å². The number of ketones is 1. The summed E-state index contributed by atoms with van der Waals surface area (Å²) < 4.78 is 15.7. The number of ether oxygens (including phenoxy) is 3. The first-order chi connectivity index (χ1) is 17.4. The molecule has 2 aromatic rings. The first kappa shape index (κ1) is 28.3. The summed E-state index contributed by atoms with van der Waals surface area (Å²) in [5.41, 5.74) is 4.79. The van der Waals surface area contributed by atoms with Crippen LogP contribution >= 0.6 is 0 Å². The second-order valence-electron chi connectivity index (χ2n) is 8.06. The molecule has 0 heterocycles. The lowest BCUT2D eigenvalue weighted by Crippen LogP contribution is -2.48. The molecule has 0 radical (unpaired) electrons. The number of phenolic OH excluding ortho intramolecular Hbond substituents is 1. The molecule has 0 aliphatic carbocycles. The van der Waals surface area contributed by atoms with E-state index in [1.807, 2.05) is 0 Å². The van der Waals surface area contributed by atoms with Gasteiger partial charge in [0.15, 0.2) is 12.4 Å². The Balaban J connectivity index is 1.79. The Morgan fingerprint density at radius 2 is 1.53 bits per heavy atom. The van der Waals surface area contributed by atoms with Crippen LogP contribution in [0.2, 0.25) is 0 Å². The van der Waals surface area contributed by atoms with Gasteiger partial charge in [0, 0.05) is 18.7 Å². The van der Waals surface area contributed by atoms with Crippen molar-refractivity contribution in [1.82, 2.24) is 16.2 Å². The van der Waals surface area contributed by atoms with Crippen LogP contribution in [-0.4, -0.2) is 50.2 Å². The van der Waals surface area contributed by atoms with Crippen molar-refractivity contribution in [3.63, 3.8) is 0 Å². The zero-order chi connectivity index (χ0) is 26.3. The molecule has 0 fully saturated rings. The van der Waals surface area contributed by atoms with Crippen molar-refractivity contribution in [1.29, 1.82) is 0 Å². The molecule has 2 rings (SSSR count). The van der Waals surface area contributed by atoms with Crippen LogP contribution in [0.15, 0.2) is 36.4 Å². The van der Waals surface area contributed by atoms with Crippen molar-refractivity contribution in [2.24, 2.45) is 0 Å². The van der Waals surface area contributed by atoms with E-state index >= 15 is 0 Å². The number of carbonyl (C=O) groups excluding carboxylic acids is 3. The average molecular weight is 502 g/mol. The third-order valence-electron chi connectivity index (χ3n) is 5.37. The highest BCUT2D eigenvalue weighted by Gasteiger charge is 2.19. The van der Waals surface area contributed by atoms with Crippen LogP contribution in [0.5, 0.6) is 23.0 Å². The lowest BCUT2D eigenvalue weighted by Gasteiger charge is -2.12. The molecular formula is C26H35N3O7. The van der Waals surface area contributed by atoms with Crippen LogP contribution in [0.25, 0.3) is 0 Å². The van der Waals surface area contributed by atoms with Gasteiger partial charge in [0.25, 0.3) is 5.91 Å². The number of hydrogen-bond acceptors (Lipinski definition) is 7. The third kappa shape index (κ3) is 9.01. The highest BCUT2D eigenvalue weighted by atomic mass is 16.5. The van der Waals surface area contributed by atoms with Gasteiger partial charge in [0.1, 0.15) is 23.0 Å². The number of hydrogen-bond donors (Lipinski definition) is 4. The quantitative estimate of drug-likeness (QED) is 0.176. The molecule has 0 saturated heterocycles. The first-order valence-electron chi connectivity index (χ1n) is 11.9. The van der Waals surface area contributed by atoms with E-state index < -0.39 is 24.3 Å². The van der Waals surface area contributed by atoms with Gasteiger partial charge in [0.2, 0.25) is 0 Å². The number of benzene rings is 2. The molecule has 2 aromatic carbocycles. The molecule has 0 aliphatic rings. The van der Waals surface area contributed by atoms with Crippen LogP contribution in [0.3, 0.4) is 0 Å². The van der Waals surface area contributed by atoms with Crippen molar-refractivity contribution in [3.8, 4) is 23.0 Å². The molecule has 0 aliphatic heterocycles. The third-order valence-corrected chi connectivity index (χ3v) is 5.37. The van der Waals surface area contributed by atoms with Gasteiger partial charge in [-0.15, -0.1) is 0 Å². The Labute approximate surface area is 211 Å². The van der Waals surface area contributed by atoms with Gasteiger partial charge in [-0.25, -0.2) is 10.2 Å². The highest BCUT2D eigenvalue weighted by Crippen LogP contribution is 2.31. The number of nitrogens with one attached hydrogen (secondary N) is 3. The smallest absolute Gasteiger partial charge is 0.333 e. The van der Waals surface area contributed by atoms with E-state index in [0.29, 0.717) is 18.0 Å². The molecule has 0 atom stereocenters. The number of urea groups is 1. The zero-order valence-corrected chi connectivity index (χ0v) is 21.0. The van der Waals surface area contributed by atoms with Crippen LogP contribution in [0.4, 0.5) is 4.79 Å². The van der Waals surface area contributed by atoms with E-state index in [4.69, 9.17) is 14.2 Å². The SMILES string of the molecule is CCCCCCCCNC(=O)NNC(=O)COc1ccc(C(=O)c2ccc(OC)cc2OC)c(O)c1. The van der Waals surface area contributed by atoms with Crippen LogP contribution < -0.4 is 30.4 Å². The monoisotopic (exact) mass is 501 g/mol. The minimum atomic E-state index is -0.590. The zero-order valence-electron chi connectivity index (χ0n) is 21.0. The summed E-state index contributed by atoms with van der Waals surface area (Å²) in [6, 6.07) is 8.31.